The Balaban J connectivity index is 1.32. The van der Waals surface area contributed by atoms with Crippen LogP contribution in [0.4, 0.5) is 0 Å². The van der Waals surface area contributed by atoms with Crippen molar-refractivity contribution >= 4 is 6.29 Å². The summed E-state index contributed by atoms with van der Waals surface area (Å²) in [5, 5.41) is 10.5. The van der Waals surface area contributed by atoms with Gasteiger partial charge in [-0.3, -0.25) is 0 Å². The second kappa shape index (κ2) is 7.56. The van der Waals surface area contributed by atoms with Crippen LogP contribution in [0.25, 0.3) is 0 Å². The molecule has 4 fully saturated rings. The van der Waals surface area contributed by atoms with Gasteiger partial charge in [0.25, 0.3) is 0 Å². The molecule has 4 heteroatoms. The Kier molecular flexibility index (Phi) is 5.00. The summed E-state index contributed by atoms with van der Waals surface area (Å²) in [5.74, 6) is 4.60. The summed E-state index contributed by atoms with van der Waals surface area (Å²) in [5.41, 5.74) is 8.16. The lowest BCUT2D eigenvalue weighted by atomic mass is 9.60. The van der Waals surface area contributed by atoms with Crippen LogP contribution in [0.3, 0.4) is 0 Å². The van der Waals surface area contributed by atoms with Crippen LogP contribution in [0.1, 0.15) is 51.9 Å². The molecule has 1 heterocycles. The average molecular weight is 438 g/mol. The van der Waals surface area contributed by atoms with Crippen LogP contribution in [0.2, 0.25) is 0 Å². The van der Waals surface area contributed by atoms with Gasteiger partial charge in [-0.2, -0.15) is 0 Å². The van der Waals surface area contributed by atoms with Gasteiger partial charge in [0.15, 0.2) is 0 Å². The highest BCUT2D eigenvalue weighted by molar-refractivity contribution is 5.61. The summed E-state index contributed by atoms with van der Waals surface area (Å²) in [7, 11) is 0. The van der Waals surface area contributed by atoms with Crippen molar-refractivity contribution in [2.45, 2.75) is 70.1 Å². The fourth-order valence-corrected chi connectivity index (χ4v) is 9.60. The molecular weight excluding hydrogens is 398 g/mol. The minimum atomic E-state index is -0.462. The maximum absolute atomic E-state index is 12.2. The number of carbonyl (C=O) groups excluding carboxylic acids is 1. The largest absolute Gasteiger partial charge is 0.497 e. The number of allylic oxidation sites excluding steroid dienone is 2. The maximum atomic E-state index is 12.2. The first-order valence-electron chi connectivity index (χ1n) is 13.0. The molecular formula is C28H39NO3. The highest BCUT2D eigenvalue weighted by atomic mass is 16.5. The van der Waals surface area contributed by atoms with Gasteiger partial charge in [0.05, 0.1) is 18.4 Å². The number of fused-ring (bicyclic) bond motifs is 6. The Bertz CT molecular complexity index is 850. The van der Waals surface area contributed by atoms with Gasteiger partial charge in [0, 0.05) is 17.3 Å². The molecule has 6 rings (SSSR count). The van der Waals surface area contributed by atoms with Crippen LogP contribution in [0, 0.1) is 58.7 Å². The van der Waals surface area contributed by atoms with Crippen LogP contribution in [0.15, 0.2) is 36.6 Å². The highest BCUT2D eigenvalue weighted by Gasteiger charge is 2.74. The van der Waals surface area contributed by atoms with E-state index in [0.29, 0.717) is 41.4 Å². The summed E-state index contributed by atoms with van der Waals surface area (Å²) >= 11 is 0. The van der Waals surface area contributed by atoms with Crippen LogP contribution < -0.4 is 5.73 Å². The molecule has 1 aliphatic heterocycles. The predicted molar refractivity (Wildman–Crippen MR) is 124 cm³/mol. The van der Waals surface area contributed by atoms with Gasteiger partial charge in [-0.25, -0.2) is 0 Å². The predicted octanol–water partition coefficient (Wildman–Crippen LogP) is 4.25. The first kappa shape index (κ1) is 21.2. The van der Waals surface area contributed by atoms with Gasteiger partial charge >= 0.3 is 0 Å². The SMILES string of the molecule is C=C1CC[C@@H]2[C@H]([C@@H]3C[C@@H](C)C[C@H]13)[C@@]2([C@@H]1CC[C@@H]2C=C[C@H]3[C@H](OC=C[C@@H]3O)[C@H]2C1)[C@H](N)C=O. The summed E-state index contributed by atoms with van der Waals surface area (Å²) in [4.78, 5) is 12.2. The molecule has 0 radical (unpaired) electrons. The highest BCUT2D eigenvalue weighted by Crippen LogP contribution is 2.76. The number of ether oxygens (including phenoxy) is 1. The van der Waals surface area contributed by atoms with Crippen molar-refractivity contribution in [3.8, 4) is 0 Å². The van der Waals surface area contributed by atoms with Gasteiger partial charge in [-0.15, -0.1) is 0 Å². The van der Waals surface area contributed by atoms with Gasteiger partial charge in [-0.1, -0.05) is 31.2 Å². The van der Waals surface area contributed by atoms with Crippen molar-refractivity contribution in [1.82, 2.24) is 0 Å². The lowest BCUT2D eigenvalue weighted by Gasteiger charge is -2.48. The molecule has 0 bridgehead atoms. The van der Waals surface area contributed by atoms with E-state index in [2.05, 4.69) is 25.7 Å². The molecule has 0 aromatic heterocycles. The number of nitrogens with two attached hydrogens (primary N) is 1. The maximum Gasteiger partial charge on any atom is 0.137 e. The molecule has 0 aromatic rings. The Labute approximate surface area is 192 Å². The minimum absolute atomic E-state index is 0.0415. The van der Waals surface area contributed by atoms with Crippen LogP contribution in [0.5, 0.6) is 0 Å². The van der Waals surface area contributed by atoms with E-state index in [1.54, 1.807) is 12.3 Å². The van der Waals surface area contributed by atoms with E-state index in [1.807, 2.05) is 0 Å². The Morgan fingerprint density at radius 1 is 1.19 bits per heavy atom. The number of rotatable bonds is 3. The Morgan fingerprint density at radius 2 is 2.03 bits per heavy atom. The van der Waals surface area contributed by atoms with E-state index in [9.17, 15) is 9.90 Å². The molecule has 0 amide bonds. The molecule has 174 valence electrons. The molecule has 32 heavy (non-hydrogen) atoms. The van der Waals surface area contributed by atoms with Gasteiger partial charge in [-0.05, 0) is 92.4 Å². The smallest absolute Gasteiger partial charge is 0.137 e. The molecule has 5 aliphatic carbocycles. The third-order valence-corrected chi connectivity index (χ3v) is 10.8. The Morgan fingerprint density at radius 3 is 2.84 bits per heavy atom. The molecule has 0 aromatic carbocycles. The van der Waals surface area contributed by atoms with Crippen molar-refractivity contribution in [3.63, 3.8) is 0 Å². The number of aliphatic hydroxyl groups excluding tert-OH is 1. The molecule has 3 N–H and O–H groups in total. The minimum Gasteiger partial charge on any atom is -0.497 e. The van der Waals surface area contributed by atoms with Crippen LogP contribution in [-0.4, -0.2) is 29.6 Å². The molecule has 4 nitrogen and oxygen atoms in total. The van der Waals surface area contributed by atoms with E-state index in [0.717, 1.165) is 44.3 Å². The zero-order valence-electron chi connectivity index (χ0n) is 19.3. The average Bonchev–Trinajstić information content (AvgIpc) is 3.36. The summed E-state index contributed by atoms with van der Waals surface area (Å²) < 4.78 is 6.12. The monoisotopic (exact) mass is 437 g/mol. The fraction of sp³-hybridized carbons (Fsp3) is 0.750. The lowest BCUT2D eigenvalue weighted by Crippen LogP contribution is -2.50. The number of aliphatic hydroxyl groups is 1. The summed E-state index contributed by atoms with van der Waals surface area (Å²) in [6.45, 7) is 6.87. The molecule has 4 saturated carbocycles. The topological polar surface area (TPSA) is 72.6 Å². The van der Waals surface area contributed by atoms with E-state index in [1.165, 1.54) is 18.4 Å². The second-order valence-electron chi connectivity index (χ2n) is 12.1. The zero-order chi connectivity index (χ0) is 22.2. The van der Waals surface area contributed by atoms with Crippen molar-refractivity contribution in [1.29, 1.82) is 0 Å². The quantitative estimate of drug-likeness (QED) is 0.511. The second-order valence-corrected chi connectivity index (χ2v) is 12.1. The van der Waals surface area contributed by atoms with Crippen molar-refractivity contribution in [2.75, 3.05) is 0 Å². The summed E-state index contributed by atoms with van der Waals surface area (Å²) in [6.07, 6.45) is 16.8. The standard InChI is InChI=1S/C28H39NO3/c1-15-11-20-16(2)3-8-23-26(22(20)12-15)28(23,25(29)14-30)18-6-4-17-5-7-19-24(31)9-10-32-27(19)21(17)13-18/h5,7,9-10,14-15,17-27,31H,2-4,6,8,11-13,29H2,1H3/t15-,17+,18+,19+,20+,21-,22+,23+,24-,25+,26-,27-,28+/m0/s1. The summed E-state index contributed by atoms with van der Waals surface area (Å²) in [6, 6.07) is -0.366. The van der Waals surface area contributed by atoms with E-state index < -0.39 is 6.10 Å². The molecule has 0 unspecified atom stereocenters. The number of aldehydes is 1. The van der Waals surface area contributed by atoms with E-state index in [4.69, 9.17) is 10.5 Å². The van der Waals surface area contributed by atoms with Crippen molar-refractivity contribution < 1.29 is 14.6 Å². The third-order valence-electron chi connectivity index (χ3n) is 10.8. The first-order valence-corrected chi connectivity index (χ1v) is 13.0. The van der Waals surface area contributed by atoms with Gasteiger partial charge < -0.3 is 20.4 Å². The molecule has 6 aliphatic rings. The lowest BCUT2D eigenvalue weighted by molar-refractivity contribution is -0.112. The first-order chi connectivity index (χ1) is 15.5. The third kappa shape index (κ3) is 2.84. The van der Waals surface area contributed by atoms with Crippen LogP contribution in [-0.2, 0) is 9.53 Å². The van der Waals surface area contributed by atoms with Crippen molar-refractivity contribution in [2.24, 2.45) is 64.4 Å². The van der Waals surface area contributed by atoms with E-state index >= 15 is 0 Å². The normalized spacial score (nSPS) is 54.3. The van der Waals surface area contributed by atoms with Gasteiger partial charge in [0.2, 0.25) is 0 Å². The van der Waals surface area contributed by atoms with E-state index in [-0.39, 0.29) is 23.5 Å². The fourth-order valence-electron chi connectivity index (χ4n) is 9.60. The Hall–Kier alpha value is -1.39. The number of carbonyl (C=O) groups is 1. The molecule has 13 atom stereocenters. The van der Waals surface area contributed by atoms with Crippen LogP contribution >= 0.6 is 0 Å². The van der Waals surface area contributed by atoms with Gasteiger partial charge in [0.1, 0.15) is 12.4 Å². The number of hydrogen-bond acceptors (Lipinski definition) is 4. The zero-order valence-corrected chi connectivity index (χ0v) is 19.3. The van der Waals surface area contributed by atoms with Crippen molar-refractivity contribution in [3.05, 3.63) is 36.6 Å². The number of hydrogen-bond donors (Lipinski definition) is 2. The molecule has 0 spiro atoms. The molecule has 0 saturated heterocycles.